The topological polar surface area (TPSA) is 79.5 Å². The van der Waals surface area contributed by atoms with Crippen LogP contribution in [0.2, 0.25) is 0 Å². The lowest BCUT2D eigenvalue weighted by atomic mass is 9.95. The smallest absolute Gasteiger partial charge is 0.240 e. The molecule has 0 spiro atoms. The maximum atomic E-state index is 12.5. The highest BCUT2D eigenvalue weighted by molar-refractivity contribution is 7.89. The Morgan fingerprint density at radius 2 is 1.92 bits per heavy atom. The second-order valence-electron chi connectivity index (χ2n) is 6.72. The molecule has 0 bridgehead atoms. The first kappa shape index (κ1) is 17.2. The molecule has 0 amide bonds. The van der Waals surface area contributed by atoms with E-state index in [4.69, 9.17) is 4.42 Å². The number of hydrogen-bond donors (Lipinski definition) is 2. The van der Waals surface area contributed by atoms with Crippen LogP contribution in [-0.2, 0) is 15.6 Å². The first-order valence-corrected chi connectivity index (χ1v) is 9.67. The van der Waals surface area contributed by atoms with Crippen LogP contribution in [0.3, 0.4) is 0 Å². The summed E-state index contributed by atoms with van der Waals surface area (Å²) in [6, 6.07) is 10.2. The van der Waals surface area contributed by atoms with Crippen molar-refractivity contribution in [2.24, 2.45) is 5.92 Å². The minimum atomic E-state index is -3.68. The number of sulfonamides is 1. The molecule has 130 valence electrons. The Morgan fingerprint density at radius 3 is 2.42 bits per heavy atom. The number of aliphatic hydroxyl groups is 1. The van der Waals surface area contributed by atoms with Gasteiger partial charge in [0, 0.05) is 6.54 Å². The first-order chi connectivity index (χ1) is 11.3. The van der Waals surface area contributed by atoms with Crippen LogP contribution >= 0.6 is 0 Å². The summed E-state index contributed by atoms with van der Waals surface area (Å²) >= 11 is 0. The van der Waals surface area contributed by atoms with E-state index in [1.165, 1.54) is 6.26 Å². The van der Waals surface area contributed by atoms with Crippen LogP contribution in [0.25, 0.3) is 0 Å². The van der Waals surface area contributed by atoms with E-state index >= 15 is 0 Å². The summed E-state index contributed by atoms with van der Waals surface area (Å²) in [6.45, 7) is 4.02. The Labute approximate surface area is 142 Å². The van der Waals surface area contributed by atoms with Crippen LogP contribution in [0, 0.1) is 5.92 Å². The summed E-state index contributed by atoms with van der Waals surface area (Å²) < 4.78 is 32.9. The van der Waals surface area contributed by atoms with Crippen molar-refractivity contribution >= 4 is 10.0 Å². The highest BCUT2D eigenvalue weighted by Crippen LogP contribution is 2.45. The number of furan rings is 1. The molecule has 1 aliphatic carbocycles. The monoisotopic (exact) mass is 349 g/mol. The summed E-state index contributed by atoms with van der Waals surface area (Å²) in [5.74, 6) is 0.770. The molecule has 1 aromatic carbocycles. The molecule has 24 heavy (non-hydrogen) atoms. The van der Waals surface area contributed by atoms with Crippen molar-refractivity contribution in [3.8, 4) is 0 Å². The highest BCUT2D eigenvalue weighted by atomic mass is 32.2. The van der Waals surface area contributed by atoms with E-state index in [2.05, 4.69) is 18.6 Å². The van der Waals surface area contributed by atoms with Gasteiger partial charge in [-0.2, -0.15) is 0 Å². The molecule has 3 rings (SSSR count). The maximum Gasteiger partial charge on any atom is 0.240 e. The fourth-order valence-electron chi connectivity index (χ4n) is 2.84. The zero-order valence-corrected chi connectivity index (χ0v) is 14.7. The van der Waals surface area contributed by atoms with Crippen molar-refractivity contribution < 1.29 is 17.9 Å². The van der Waals surface area contributed by atoms with Gasteiger partial charge in [0.2, 0.25) is 10.0 Å². The number of nitrogens with one attached hydrogen (secondary N) is 1. The lowest BCUT2D eigenvalue weighted by Crippen LogP contribution is -2.42. The summed E-state index contributed by atoms with van der Waals surface area (Å²) in [7, 11) is -3.68. The van der Waals surface area contributed by atoms with Gasteiger partial charge in [-0.15, -0.1) is 0 Å². The van der Waals surface area contributed by atoms with Crippen LogP contribution in [0.5, 0.6) is 0 Å². The van der Waals surface area contributed by atoms with E-state index in [1.807, 2.05) is 12.1 Å². The molecule has 1 fully saturated rings. The average Bonchev–Trinajstić information content (AvgIpc) is 3.28. The molecule has 2 N–H and O–H groups in total. The largest absolute Gasteiger partial charge is 0.466 e. The minimum absolute atomic E-state index is 0.0228. The van der Waals surface area contributed by atoms with Gasteiger partial charge in [0.15, 0.2) is 0 Å². The summed E-state index contributed by atoms with van der Waals surface area (Å²) in [6.07, 6.45) is 3.21. The van der Waals surface area contributed by atoms with Crippen molar-refractivity contribution in [3.63, 3.8) is 0 Å². The van der Waals surface area contributed by atoms with Crippen LogP contribution in [0.1, 0.15) is 43.9 Å². The Bertz CT molecular complexity index is 777. The second-order valence-corrected chi connectivity index (χ2v) is 8.49. The van der Waals surface area contributed by atoms with Gasteiger partial charge in [0.25, 0.3) is 0 Å². The molecule has 1 atom stereocenters. The van der Waals surface area contributed by atoms with E-state index in [-0.39, 0.29) is 17.4 Å². The zero-order chi connectivity index (χ0) is 17.4. The second kappa shape index (κ2) is 6.35. The quantitative estimate of drug-likeness (QED) is 0.805. The predicted octanol–water partition coefficient (Wildman–Crippen LogP) is 2.98. The molecule has 1 saturated carbocycles. The van der Waals surface area contributed by atoms with Gasteiger partial charge in [-0.3, -0.25) is 0 Å². The van der Waals surface area contributed by atoms with Crippen molar-refractivity contribution in [1.29, 1.82) is 0 Å². The van der Waals surface area contributed by atoms with E-state index in [1.54, 1.807) is 24.3 Å². The maximum absolute atomic E-state index is 12.5. The van der Waals surface area contributed by atoms with Gasteiger partial charge in [-0.05, 0) is 54.5 Å². The van der Waals surface area contributed by atoms with Gasteiger partial charge in [0.1, 0.15) is 11.4 Å². The lowest BCUT2D eigenvalue weighted by Gasteiger charge is -2.26. The highest BCUT2D eigenvalue weighted by Gasteiger charge is 2.47. The summed E-state index contributed by atoms with van der Waals surface area (Å²) in [4.78, 5) is 0.199. The van der Waals surface area contributed by atoms with Gasteiger partial charge >= 0.3 is 0 Å². The molecular formula is C18H23NO4S. The molecule has 6 heteroatoms. The van der Waals surface area contributed by atoms with Crippen molar-refractivity contribution in [2.45, 2.75) is 43.1 Å². The molecule has 0 radical (unpaired) electrons. The SMILES string of the molecule is CC(C)c1ccc(S(=O)(=O)NCC(O)(c2ccco2)C2CC2)cc1. The number of hydrogen-bond acceptors (Lipinski definition) is 4. The van der Waals surface area contributed by atoms with Gasteiger partial charge in [-0.25, -0.2) is 13.1 Å². The normalized spacial score (nSPS) is 17.8. The van der Waals surface area contributed by atoms with Crippen molar-refractivity contribution in [2.75, 3.05) is 6.54 Å². The fourth-order valence-corrected chi connectivity index (χ4v) is 3.91. The number of rotatable bonds is 7. The Balaban J connectivity index is 1.76. The Kier molecular flexibility index (Phi) is 4.55. The third kappa shape index (κ3) is 3.41. The summed E-state index contributed by atoms with van der Waals surface area (Å²) in [5.41, 5.74) is -0.215. The standard InChI is InChI=1S/C18H23NO4S/c1-13(2)14-5-9-16(10-6-14)24(21,22)19-12-18(20,15-7-8-15)17-4-3-11-23-17/h3-6,9-11,13,15,19-20H,7-8,12H2,1-2H3. The van der Waals surface area contributed by atoms with Crippen LogP contribution < -0.4 is 4.72 Å². The first-order valence-electron chi connectivity index (χ1n) is 8.19. The van der Waals surface area contributed by atoms with Crippen LogP contribution in [0.15, 0.2) is 52.0 Å². The molecule has 0 saturated heterocycles. The predicted molar refractivity (Wildman–Crippen MR) is 91.0 cm³/mol. The molecule has 2 aromatic rings. The van der Waals surface area contributed by atoms with Gasteiger partial charge < -0.3 is 9.52 Å². The van der Waals surface area contributed by atoms with Crippen LogP contribution in [-0.4, -0.2) is 20.1 Å². The van der Waals surface area contributed by atoms with Gasteiger partial charge in [0.05, 0.1) is 11.2 Å². The van der Waals surface area contributed by atoms with Crippen LogP contribution in [0.4, 0.5) is 0 Å². The molecule has 0 aliphatic heterocycles. The van der Waals surface area contributed by atoms with Gasteiger partial charge in [-0.1, -0.05) is 26.0 Å². The van der Waals surface area contributed by atoms with Crippen molar-refractivity contribution in [1.82, 2.24) is 4.72 Å². The van der Waals surface area contributed by atoms with E-state index < -0.39 is 15.6 Å². The minimum Gasteiger partial charge on any atom is -0.466 e. The molecule has 1 aromatic heterocycles. The zero-order valence-electron chi connectivity index (χ0n) is 13.9. The average molecular weight is 349 g/mol. The molecule has 1 aliphatic rings. The van der Waals surface area contributed by atoms with Crippen molar-refractivity contribution in [3.05, 3.63) is 54.0 Å². The lowest BCUT2D eigenvalue weighted by molar-refractivity contribution is -0.00224. The third-order valence-electron chi connectivity index (χ3n) is 4.59. The Morgan fingerprint density at radius 1 is 1.25 bits per heavy atom. The van der Waals surface area contributed by atoms with E-state index in [0.29, 0.717) is 11.7 Å². The Hall–Kier alpha value is -1.63. The number of benzene rings is 1. The van der Waals surface area contributed by atoms with E-state index in [9.17, 15) is 13.5 Å². The molecule has 1 heterocycles. The molecule has 1 unspecified atom stereocenters. The fraction of sp³-hybridized carbons (Fsp3) is 0.444. The summed E-state index contributed by atoms with van der Waals surface area (Å²) in [5, 5.41) is 10.9. The molecule has 5 nitrogen and oxygen atoms in total. The van der Waals surface area contributed by atoms with E-state index in [0.717, 1.165) is 18.4 Å². The third-order valence-corrected chi connectivity index (χ3v) is 6.01. The molecular weight excluding hydrogens is 326 g/mol.